The lowest BCUT2D eigenvalue weighted by molar-refractivity contribution is 0.0601. The number of benzene rings is 1. The molecule has 3 aromatic rings. The number of ether oxygens (including phenoxy) is 1. The summed E-state index contributed by atoms with van der Waals surface area (Å²) >= 11 is 0. The van der Waals surface area contributed by atoms with Crippen molar-refractivity contribution < 1.29 is 14.6 Å². The SMILES string of the molecule is COC(=O)c1cccc(Nc2nc3ccccn3c(=O)c2CO)c1. The van der Waals surface area contributed by atoms with E-state index in [-0.39, 0.29) is 16.9 Å². The third kappa shape index (κ3) is 2.84. The number of hydrogen-bond acceptors (Lipinski definition) is 6. The van der Waals surface area contributed by atoms with Gasteiger partial charge in [-0.3, -0.25) is 9.20 Å². The zero-order chi connectivity index (χ0) is 17.1. The van der Waals surface area contributed by atoms with Crippen LogP contribution in [0.4, 0.5) is 11.5 Å². The second kappa shape index (κ2) is 6.51. The molecule has 2 heterocycles. The van der Waals surface area contributed by atoms with Crippen molar-refractivity contribution in [2.75, 3.05) is 12.4 Å². The Labute approximate surface area is 137 Å². The Balaban J connectivity index is 2.07. The van der Waals surface area contributed by atoms with E-state index in [4.69, 9.17) is 0 Å². The molecule has 3 rings (SSSR count). The smallest absolute Gasteiger partial charge is 0.337 e. The van der Waals surface area contributed by atoms with Crippen molar-refractivity contribution in [1.82, 2.24) is 9.38 Å². The number of aliphatic hydroxyl groups excluding tert-OH is 1. The molecule has 0 atom stereocenters. The van der Waals surface area contributed by atoms with Crippen molar-refractivity contribution in [2.24, 2.45) is 0 Å². The van der Waals surface area contributed by atoms with Gasteiger partial charge in [0.1, 0.15) is 11.5 Å². The van der Waals surface area contributed by atoms with Crippen molar-refractivity contribution in [3.05, 3.63) is 70.1 Å². The fraction of sp³-hybridized carbons (Fsp3) is 0.118. The molecule has 122 valence electrons. The third-order valence-electron chi connectivity index (χ3n) is 3.53. The molecule has 0 spiro atoms. The van der Waals surface area contributed by atoms with Crippen LogP contribution in [0.5, 0.6) is 0 Å². The van der Waals surface area contributed by atoms with Crippen LogP contribution in [0.15, 0.2) is 53.5 Å². The molecule has 2 N–H and O–H groups in total. The summed E-state index contributed by atoms with van der Waals surface area (Å²) < 4.78 is 6.05. The maximum absolute atomic E-state index is 12.4. The molecule has 7 nitrogen and oxygen atoms in total. The lowest BCUT2D eigenvalue weighted by atomic mass is 10.2. The molecule has 7 heteroatoms. The van der Waals surface area contributed by atoms with E-state index in [0.29, 0.717) is 16.9 Å². The molecule has 2 aromatic heterocycles. The first-order valence-corrected chi connectivity index (χ1v) is 7.20. The van der Waals surface area contributed by atoms with Crippen molar-refractivity contribution in [1.29, 1.82) is 0 Å². The highest BCUT2D eigenvalue weighted by Crippen LogP contribution is 2.19. The Morgan fingerprint density at radius 1 is 1.29 bits per heavy atom. The second-order valence-electron chi connectivity index (χ2n) is 5.03. The number of rotatable bonds is 4. The number of pyridine rings is 1. The molecular weight excluding hydrogens is 310 g/mol. The van der Waals surface area contributed by atoms with Crippen LogP contribution in [0.2, 0.25) is 0 Å². The average Bonchev–Trinajstić information content (AvgIpc) is 2.61. The number of aromatic nitrogens is 2. The average molecular weight is 325 g/mol. The van der Waals surface area contributed by atoms with Gasteiger partial charge < -0.3 is 15.2 Å². The number of hydrogen-bond donors (Lipinski definition) is 2. The van der Waals surface area contributed by atoms with Gasteiger partial charge in [-0.15, -0.1) is 0 Å². The number of anilines is 2. The normalized spacial score (nSPS) is 10.6. The number of aliphatic hydroxyl groups is 1. The monoisotopic (exact) mass is 325 g/mol. The third-order valence-corrected chi connectivity index (χ3v) is 3.53. The maximum atomic E-state index is 12.4. The highest BCUT2D eigenvalue weighted by Gasteiger charge is 2.13. The van der Waals surface area contributed by atoms with Crippen LogP contribution in [0.25, 0.3) is 5.65 Å². The fourth-order valence-corrected chi connectivity index (χ4v) is 2.35. The second-order valence-corrected chi connectivity index (χ2v) is 5.03. The van der Waals surface area contributed by atoms with E-state index in [1.54, 1.807) is 48.7 Å². The summed E-state index contributed by atoms with van der Waals surface area (Å²) in [5.41, 5.74) is 1.16. The molecule has 0 aliphatic carbocycles. The topological polar surface area (TPSA) is 92.9 Å². The van der Waals surface area contributed by atoms with Crippen molar-refractivity contribution in [3.8, 4) is 0 Å². The van der Waals surface area contributed by atoms with Crippen molar-refractivity contribution in [3.63, 3.8) is 0 Å². The number of nitrogens with one attached hydrogen (secondary N) is 1. The zero-order valence-electron chi connectivity index (χ0n) is 12.9. The minimum absolute atomic E-state index is 0.141. The van der Waals surface area contributed by atoms with Crippen molar-refractivity contribution >= 4 is 23.1 Å². The largest absolute Gasteiger partial charge is 0.465 e. The van der Waals surface area contributed by atoms with E-state index in [9.17, 15) is 14.7 Å². The maximum Gasteiger partial charge on any atom is 0.337 e. The van der Waals surface area contributed by atoms with Crippen LogP contribution in [-0.2, 0) is 11.3 Å². The zero-order valence-corrected chi connectivity index (χ0v) is 12.9. The summed E-state index contributed by atoms with van der Waals surface area (Å²) in [6.45, 7) is -0.456. The molecule has 0 amide bonds. The van der Waals surface area contributed by atoms with Gasteiger partial charge in [-0.2, -0.15) is 0 Å². The van der Waals surface area contributed by atoms with E-state index in [1.807, 2.05) is 0 Å². The summed E-state index contributed by atoms with van der Waals surface area (Å²) in [6.07, 6.45) is 1.59. The first-order chi connectivity index (χ1) is 11.6. The number of carbonyl (C=O) groups excluding carboxylic acids is 1. The summed E-state index contributed by atoms with van der Waals surface area (Å²) in [4.78, 5) is 28.4. The lowest BCUT2D eigenvalue weighted by Gasteiger charge is -2.12. The van der Waals surface area contributed by atoms with Gasteiger partial charge in [-0.1, -0.05) is 12.1 Å². The van der Waals surface area contributed by atoms with Gasteiger partial charge in [0.2, 0.25) is 0 Å². The van der Waals surface area contributed by atoms with Crippen molar-refractivity contribution in [2.45, 2.75) is 6.61 Å². The Hall–Kier alpha value is -3.19. The van der Waals surface area contributed by atoms with Gasteiger partial charge in [0.15, 0.2) is 0 Å². The Morgan fingerprint density at radius 3 is 2.88 bits per heavy atom. The molecule has 24 heavy (non-hydrogen) atoms. The first-order valence-electron chi connectivity index (χ1n) is 7.20. The van der Waals surface area contributed by atoms with E-state index in [2.05, 4.69) is 15.0 Å². The van der Waals surface area contributed by atoms with Gasteiger partial charge in [0.25, 0.3) is 5.56 Å². The highest BCUT2D eigenvalue weighted by molar-refractivity contribution is 5.90. The molecule has 0 saturated heterocycles. The van der Waals surface area contributed by atoms with Crippen LogP contribution in [0.3, 0.4) is 0 Å². The summed E-state index contributed by atoms with van der Waals surface area (Å²) in [5, 5.41) is 12.5. The van der Waals surface area contributed by atoms with Gasteiger partial charge >= 0.3 is 5.97 Å². The van der Waals surface area contributed by atoms with E-state index < -0.39 is 12.6 Å². The van der Waals surface area contributed by atoms with Crippen LogP contribution < -0.4 is 10.9 Å². The van der Waals surface area contributed by atoms with Crippen LogP contribution >= 0.6 is 0 Å². The summed E-state index contributed by atoms with van der Waals surface area (Å²) in [5.74, 6) is -0.219. The quantitative estimate of drug-likeness (QED) is 0.710. The minimum atomic E-state index is -0.465. The summed E-state index contributed by atoms with van der Waals surface area (Å²) in [7, 11) is 1.30. The first kappa shape index (κ1) is 15.7. The number of fused-ring (bicyclic) bond motifs is 1. The molecule has 0 saturated carbocycles. The van der Waals surface area contributed by atoms with Gasteiger partial charge in [0.05, 0.1) is 24.8 Å². The van der Waals surface area contributed by atoms with Crippen LogP contribution in [0, 0.1) is 0 Å². The molecule has 0 unspecified atom stereocenters. The predicted octanol–water partition coefficient (Wildman–Crippen LogP) is 1.72. The molecule has 0 fully saturated rings. The van der Waals surface area contributed by atoms with Gasteiger partial charge in [-0.05, 0) is 30.3 Å². The molecule has 1 aromatic carbocycles. The van der Waals surface area contributed by atoms with Gasteiger partial charge in [-0.25, -0.2) is 9.78 Å². The molecule has 0 aliphatic rings. The molecule has 0 radical (unpaired) electrons. The van der Waals surface area contributed by atoms with E-state index >= 15 is 0 Å². The number of nitrogens with zero attached hydrogens (tertiary/aromatic N) is 2. The Kier molecular flexibility index (Phi) is 4.26. The number of methoxy groups -OCH3 is 1. The standard InChI is InChI=1S/C17H15N3O4/c1-24-17(23)11-5-4-6-12(9-11)18-15-13(10-21)16(22)20-8-3-2-7-14(20)19-15/h2-9,18,21H,10H2,1H3. The highest BCUT2D eigenvalue weighted by atomic mass is 16.5. The van der Waals surface area contributed by atoms with E-state index in [1.165, 1.54) is 11.5 Å². The summed E-state index contributed by atoms with van der Waals surface area (Å²) in [6, 6.07) is 11.8. The Morgan fingerprint density at radius 2 is 2.12 bits per heavy atom. The predicted molar refractivity (Wildman–Crippen MR) is 88.4 cm³/mol. The minimum Gasteiger partial charge on any atom is -0.465 e. The lowest BCUT2D eigenvalue weighted by Crippen LogP contribution is -2.21. The van der Waals surface area contributed by atoms with Gasteiger partial charge in [0, 0.05) is 11.9 Å². The van der Waals surface area contributed by atoms with Crippen LogP contribution in [-0.4, -0.2) is 27.6 Å². The fourth-order valence-electron chi connectivity index (χ4n) is 2.35. The Bertz CT molecular complexity index is 965. The molecule has 0 aliphatic heterocycles. The molecule has 0 bridgehead atoms. The number of esters is 1. The van der Waals surface area contributed by atoms with Crippen LogP contribution in [0.1, 0.15) is 15.9 Å². The number of carbonyl (C=O) groups is 1. The van der Waals surface area contributed by atoms with E-state index in [0.717, 1.165) is 0 Å². The molecular formula is C17H15N3O4.